The molecule has 0 aliphatic heterocycles. The SMILES string of the molecule is Cc1ccc(-c2csc(NC(=O)c3cc4ccccc4oc3=O)n2)c(C)c1. The lowest BCUT2D eigenvalue weighted by Gasteiger charge is -2.04. The zero-order valence-electron chi connectivity index (χ0n) is 14.8. The average molecular weight is 376 g/mol. The number of fused-ring (bicyclic) bond motifs is 1. The molecular weight excluding hydrogens is 360 g/mol. The molecule has 6 heteroatoms. The van der Waals surface area contributed by atoms with Gasteiger partial charge in [0.25, 0.3) is 5.91 Å². The highest BCUT2D eigenvalue weighted by atomic mass is 32.1. The van der Waals surface area contributed by atoms with Crippen molar-refractivity contribution in [3.05, 3.63) is 81.0 Å². The maximum Gasteiger partial charge on any atom is 0.349 e. The maximum absolute atomic E-state index is 12.5. The van der Waals surface area contributed by atoms with Crippen LogP contribution in [0.2, 0.25) is 0 Å². The molecule has 1 N–H and O–H groups in total. The van der Waals surface area contributed by atoms with Crippen LogP contribution in [0.15, 0.2) is 63.1 Å². The van der Waals surface area contributed by atoms with E-state index in [0.29, 0.717) is 16.1 Å². The van der Waals surface area contributed by atoms with Crippen LogP contribution in [0.25, 0.3) is 22.2 Å². The summed E-state index contributed by atoms with van der Waals surface area (Å²) in [6, 6.07) is 14.7. The predicted molar refractivity (Wildman–Crippen MR) is 107 cm³/mol. The van der Waals surface area contributed by atoms with Gasteiger partial charge >= 0.3 is 5.63 Å². The summed E-state index contributed by atoms with van der Waals surface area (Å²) in [4.78, 5) is 29.1. The second-order valence-electron chi connectivity index (χ2n) is 6.30. The number of nitrogens with one attached hydrogen (secondary N) is 1. The third kappa shape index (κ3) is 3.39. The van der Waals surface area contributed by atoms with Crippen molar-refractivity contribution in [3.8, 4) is 11.3 Å². The van der Waals surface area contributed by atoms with Gasteiger partial charge in [-0.15, -0.1) is 11.3 Å². The van der Waals surface area contributed by atoms with Gasteiger partial charge in [-0.2, -0.15) is 0 Å². The lowest BCUT2D eigenvalue weighted by Crippen LogP contribution is -2.20. The number of carbonyl (C=O) groups is 1. The summed E-state index contributed by atoms with van der Waals surface area (Å²) in [6.45, 7) is 4.07. The highest BCUT2D eigenvalue weighted by Crippen LogP contribution is 2.28. The van der Waals surface area contributed by atoms with Crippen LogP contribution < -0.4 is 10.9 Å². The fraction of sp³-hybridized carbons (Fsp3) is 0.0952. The maximum atomic E-state index is 12.5. The van der Waals surface area contributed by atoms with E-state index in [0.717, 1.165) is 16.8 Å². The molecule has 0 aliphatic carbocycles. The summed E-state index contributed by atoms with van der Waals surface area (Å²) in [7, 11) is 0. The summed E-state index contributed by atoms with van der Waals surface area (Å²) in [5.41, 5.74) is 3.84. The van der Waals surface area contributed by atoms with Crippen molar-refractivity contribution in [1.29, 1.82) is 0 Å². The summed E-state index contributed by atoms with van der Waals surface area (Å²) in [5.74, 6) is -0.531. The van der Waals surface area contributed by atoms with Gasteiger partial charge in [-0.25, -0.2) is 9.78 Å². The number of aromatic nitrogens is 1. The molecule has 4 aromatic rings. The first-order valence-corrected chi connectivity index (χ1v) is 9.26. The summed E-state index contributed by atoms with van der Waals surface area (Å²) in [6.07, 6.45) is 0. The van der Waals surface area contributed by atoms with Gasteiger partial charge in [0.05, 0.1) is 5.69 Å². The third-order valence-electron chi connectivity index (χ3n) is 4.27. The average Bonchev–Trinajstić information content (AvgIpc) is 3.09. The molecule has 27 heavy (non-hydrogen) atoms. The van der Waals surface area contributed by atoms with E-state index in [4.69, 9.17) is 4.42 Å². The molecule has 134 valence electrons. The van der Waals surface area contributed by atoms with Gasteiger partial charge in [0.2, 0.25) is 0 Å². The van der Waals surface area contributed by atoms with E-state index in [1.165, 1.54) is 23.0 Å². The minimum Gasteiger partial charge on any atom is -0.422 e. The van der Waals surface area contributed by atoms with E-state index in [-0.39, 0.29) is 5.56 Å². The Morgan fingerprint density at radius 1 is 1.11 bits per heavy atom. The van der Waals surface area contributed by atoms with Crippen LogP contribution in [0.5, 0.6) is 0 Å². The van der Waals surface area contributed by atoms with Crippen molar-refractivity contribution in [2.45, 2.75) is 13.8 Å². The van der Waals surface area contributed by atoms with Gasteiger partial charge in [0.1, 0.15) is 11.1 Å². The Morgan fingerprint density at radius 2 is 1.93 bits per heavy atom. The van der Waals surface area contributed by atoms with Crippen LogP contribution in [0.4, 0.5) is 5.13 Å². The molecule has 0 saturated carbocycles. The fourth-order valence-corrected chi connectivity index (χ4v) is 3.65. The Balaban J connectivity index is 1.62. The number of para-hydroxylation sites is 1. The number of rotatable bonds is 3. The van der Waals surface area contributed by atoms with E-state index in [9.17, 15) is 9.59 Å². The van der Waals surface area contributed by atoms with Gasteiger partial charge in [-0.1, -0.05) is 42.0 Å². The number of amides is 1. The summed E-state index contributed by atoms with van der Waals surface area (Å²) < 4.78 is 5.22. The Morgan fingerprint density at radius 3 is 2.74 bits per heavy atom. The lowest BCUT2D eigenvalue weighted by molar-refractivity contribution is 0.102. The van der Waals surface area contributed by atoms with Crippen LogP contribution >= 0.6 is 11.3 Å². The minimum absolute atomic E-state index is 0.0445. The van der Waals surface area contributed by atoms with E-state index >= 15 is 0 Å². The second-order valence-corrected chi connectivity index (χ2v) is 7.15. The molecule has 0 fully saturated rings. The van der Waals surface area contributed by atoms with Gasteiger partial charge in [0, 0.05) is 16.3 Å². The van der Waals surface area contributed by atoms with Gasteiger partial charge in [-0.3, -0.25) is 10.1 Å². The number of carbonyl (C=O) groups excluding carboxylic acids is 1. The van der Waals surface area contributed by atoms with Gasteiger partial charge in [-0.05, 0) is 31.5 Å². The summed E-state index contributed by atoms with van der Waals surface area (Å²) in [5, 5.41) is 5.70. The molecule has 2 heterocycles. The molecule has 2 aromatic carbocycles. The van der Waals surface area contributed by atoms with E-state index < -0.39 is 11.5 Å². The normalized spacial score (nSPS) is 10.9. The quantitative estimate of drug-likeness (QED) is 0.522. The van der Waals surface area contributed by atoms with Crippen molar-refractivity contribution in [3.63, 3.8) is 0 Å². The molecular formula is C21H16N2O3S. The molecule has 0 atom stereocenters. The van der Waals surface area contributed by atoms with Gasteiger partial charge < -0.3 is 4.42 Å². The Bertz CT molecular complexity index is 1220. The Kier molecular flexibility index (Phi) is 4.33. The molecule has 0 radical (unpaired) electrons. The van der Waals surface area contributed by atoms with Crippen molar-refractivity contribution >= 4 is 33.3 Å². The first-order valence-electron chi connectivity index (χ1n) is 8.38. The first kappa shape index (κ1) is 17.2. The van der Waals surface area contributed by atoms with Crippen molar-refractivity contribution < 1.29 is 9.21 Å². The molecule has 0 spiro atoms. The lowest BCUT2D eigenvalue weighted by atomic mass is 10.0. The predicted octanol–water partition coefficient (Wildman–Crippen LogP) is 4.79. The molecule has 0 unspecified atom stereocenters. The standard InChI is InChI=1S/C21H16N2O3S/c1-12-7-8-15(13(2)9-12)17-11-27-21(22-17)23-19(24)16-10-14-5-3-4-6-18(14)26-20(16)25/h3-11H,1-2H3,(H,22,23,24). The molecule has 2 aromatic heterocycles. The topological polar surface area (TPSA) is 72.2 Å². The molecule has 0 saturated heterocycles. The van der Waals surface area contributed by atoms with Crippen LogP contribution in [0, 0.1) is 13.8 Å². The van der Waals surface area contributed by atoms with Crippen LogP contribution in [0.3, 0.4) is 0 Å². The monoisotopic (exact) mass is 376 g/mol. The summed E-state index contributed by atoms with van der Waals surface area (Å²) >= 11 is 1.31. The number of hydrogen-bond acceptors (Lipinski definition) is 5. The highest BCUT2D eigenvalue weighted by Gasteiger charge is 2.16. The molecule has 1 amide bonds. The second kappa shape index (κ2) is 6.81. The smallest absolute Gasteiger partial charge is 0.349 e. The largest absolute Gasteiger partial charge is 0.422 e. The molecule has 4 rings (SSSR count). The van der Waals surface area contributed by atoms with Gasteiger partial charge in [0.15, 0.2) is 5.13 Å². The van der Waals surface area contributed by atoms with Crippen molar-refractivity contribution in [2.75, 3.05) is 5.32 Å². The number of anilines is 1. The molecule has 0 bridgehead atoms. The number of aryl methyl sites for hydroxylation is 2. The van der Waals surface area contributed by atoms with E-state index in [1.807, 2.05) is 37.4 Å². The van der Waals surface area contributed by atoms with Crippen molar-refractivity contribution in [1.82, 2.24) is 4.98 Å². The number of hydrogen-bond donors (Lipinski definition) is 1. The van der Waals surface area contributed by atoms with E-state index in [2.05, 4.69) is 16.4 Å². The minimum atomic E-state index is -0.669. The first-order chi connectivity index (χ1) is 13.0. The zero-order chi connectivity index (χ0) is 19.0. The molecule has 0 aliphatic rings. The van der Waals surface area contributed by atoms with Crippen molar-refractivity contribution in [2.24, 2.45) is 0 Å². The third-order valence-corrected chi connectivity index (χ3v) is 5.03. The van der Waals surface area contributed by atoms with E-state index in [1.54, 1.807) is 18.2 Å². The Hall–Kier alpha value is -3.25. The van der Waals surface area contributed by atoms with Crippen LogP contribution in [-0.2, 0) is 0 Å². The number of benzene rings is 2. The Labute approximate surface area is 159 Å². The molecule has 5 nitrogen and oxygen atoms in total. The zero-order valence-corrected chi connectivity index (χ0v) is 15.6. The highest BCUT2D eigenvalue weighted by molar-refractivity contribution is 7.14. The van der Waals surface area contributed by atoms with Crippen LogP contribution in [-0.4, -0.2) is 10.9 Å². The number of thiazole rings is 1. The fourth-order valence-electron chi connectivity index (χ4n) is 2.94. The van der Waals surface area contributed by atoms with Crippen LogP contribution in [0.1, 0.15) is 21.5 Å². The number of nitrogens with zero attached hydrogens (tertiary/aromatic N) is 1.